The maximum atomic E-state index is 13.0. The van der Waals surface area contributed by atoms with Crippen LogP contribution >= 0.6 is 0 Å². The number of furan rings is 1. The van der Waals surface area contributed by atoms with E-state index in [-0.39, 0.29) is 23.7 Å². The largest absolute Gasteiger partial charge is 0.494 e. The van der Waals surface area contributed by atoms with Crippen molar-refractivity contribution in [2.24, 2.45) is 0 Å². The highest BCUT2D eigenvalue weighted by atomic mass is 16.6. The molecule has 0 unspecified atom stereocenters. The van der Waals surface area contributed by atoms with Crippen molar-refractivity contribution in [1.82, 2.24) is 0 Å². The SMILES string of the molecule is COc1cc(NCCCO)cc(OC)c1NC(=O)c1ccc(Oc2cc3c(cc2C)CCC3(C)C)o1. The highest BCUT2D eigenvalue weighted by Gasteiger charge is 2.31. The maximum absolute atomic E-state index is 13.0. The Kier molecular flexibility index (Phi) is 7.45. The van der Waals surface area contributed by atoms with Crippen LogP contribution in [-0.2, 0) is 11.8 Å². The Balaban J connectivity index is 1.51. The average molecular weight is 495 g/mol. The van der Waals surface area contributed by atoms with Crippen LogP contribution < -0.4 is 24.8 Å². The first kappa shape index (κ1) is 25.4. The first-order chi connectivity index (χ1) is 17.2. The van der Waals surface area contributed by atoms with E-state index in [2.05, 4.69) is 36.6 Å². The zero-order valence-electron chi connectivity index (χ0n) is 21.5. The number of anilines is 2. The lowest BCUT2D eigenvalue weighted by molar-refractivity contribution is 0.0991. The number of amides is 1. The van der Waals surface area contributed by atoms with Gasteiger partial charge in [0.15, 0.2) is 5.76 Å². The molecule has 0 spiro atoms. The van der Waals surface area contributed by atoms with Gasteiger partial charge in [0.1, 0.15) is 22.9 Å². The molecule has 0 saturated carbocycles. The molecule has 8 heteroatoms. The van der Waals surface area contributed by atoms with Gasteiger partial charge in [0.2, 0.25) is 0 Å². The second-order valence-corrected chi connectivity index (χ2v) is 9.59. The van der Waals surface area contributed by atoms with E-state index >= 15 is 0 Å². The number of aryl methyl sites for hydroxylation is 2. The normalized spacial score (nSPS) is 13.7. The Morgan fingerprint density at radius 2 is 1.81 bits per heavy atom. The number of nitrogens with one attached hydrogen (secondary N) is 2. The van der Waals surface area contributed by atoms with E-state index in [0.717, 1.165) is 29.8 Å². The van der Waals surface area contributed by atoms with Crippen LogP contribution in [-0.4, -0.2) is 38.4 Å². The van der Waals surface area contributed by atoms with Crippen LogP contribution in [0.15, 0.2) is 40.8 Å². The molecule has 8 nitrogen and oxygen atoms in total. The molecule has 192 valence electrons. The van der Waals surface area contributed by atoms with Gasteiger partial charge in [-0.2, -0.15) is 0 Å². The van der Waals surface area contributed by atoms with Gasteiger partial charge in [-0.15, -0.1) is 0 Å². The summed E-state index contributed by atoms with van der Waals surface area (Å²) in [5, 5.41) is 15.0. The first-order valence-corrected chi connectivity index (χ1v) is 12.1. The highest BCUT2D eigenvalue weighted by Crippen LogP contribution is 2.42. The van der Waals surface area contributed by atoms with Gasteiger partial charge in [-0.3, -0.25) is 4.79 Å². The molecule has 0 aliphatic heterocycles. The van der Waals surface area contributed by atoms with Gasteiger partial charge in [-0.25, -0.2) is 0 Å². The van der Waals surface area contributed by atoms with Crippen molar-refractivity contribution in [2.45, 2.75) is 45.4 Å². The Morgan fingerprint density at radius 1 is 1.08 bits per heavy atom. The van der Waals surface area contributed by atoms with Gasteiger partial charge >= 0.3 is 0 Å². The third-order valence-electron chi connectivity index (χ3n) is 6.57. The predicted octanol–water partition coefficient (Wildman–Crippen LogP) is 5.67. The van der Waals surface area contributed by atoms with Crippen molar-refractivity contribution in [3.63, 3.8) is 0 Å². The second kappa shape index (κ2) is 10.5. The number of carbonyl (C=O) groups excluding carboxylic acids is 1. The number of carbonyl (C=O) groups is 1. The number of fused-ring (bicyclic) bond motifs is 1. The van der Waals surface area contributed by atoms with Crippen molar-refractivity contribution in [3.05, 3.63) is 58.8 Å². The molecule has 0 atom stereocenters. The number of benzene rings is 2. The van der Waals surface area contributed by atoms with Crippen molar-refractivity contribution >= 4 is 17.3 Å². The van der Waals surface area contributed by atoms with Gasteiger partial charge in [-0.05, 0) is 60.4 Å². The summed E-state index contributed by atoms with van der Waals surface area (Å²) in [6.45, 7) is 7.18. The fourth-order valence-corrected chi connectivity index (χ4v) is 4.51. The lowest BCUT2D eigenvalue weighted by Crippen LogP contribution is -2.13. The lowest BCUT2D eigenvalue weighted by atomic mass is 9.86. The molecule has 1 aromatic heterocycles. The number of methoxy groups -OCH3 is 2. The molecule has 2 aromatic carbocycles. The molecule has 1 heterocycles. The van der Waals surface area contributed by atoms with Crippen LogP contribution in [0.2, 0.25) is 0 Å². The van der Waals surface area contributed by atoms with Gasteiger partial charge in [0.25, 0.3) is 11.9 Å². The summed E-state index contributed by atoms with van der Waals surface area (Å²) in [7, 11) is 3.03. The van der Waals surface area contributed by atoms with E-state index in [4.69, 9.17) is 23.7 Å². The Labute approximate surface area is 211 Å². The quantitative estimate of drug-likeness (QED) is 0.312. The summed E-state index contributed by atoms with van der Waals surface area (Å²) >= 11 is 0. The standard InChI is InChI=1S/C28H34N2O6/c1-17-13-18-9-10-28(2,3)20(18)16-22(17)36-25-8-7-21(35-25)27(32)30-26-23(33-4)14-19(15-24(26)34-5)29-11-6-12-31/h7-8,13-16,29,31H,6,9-12H2,1-5H3,(H,30,32). The van der Waals surface area contributed by atoms with Crippen molar-refractivity contribution < 1.29 is 28.5 Å². The van der Waals surface area contributed by atoms with E-state index in [1.165, 1.54) is 25.3 Å². The summed E-state index contributed by atoms with van der Waals surface area (Å²) < 4.78 is 22.7. The van der Waals surface area contributed by atoms with E-state index in [0.29, 0.717) is 30.2 Å². The molecule has 0 saturated heterocycles. The van der Waals surface area contributed by atoms with Crippen molar-refractivity contribution in [3.8, 4) is 23.2 Å². The van der Waals surface area contributed by atoms with Crippen LogP contribution in [0.5, 0.6) is 23.2 Å². The van der Waals surface area contributed by atoms with E-state index in [9.17, 15) is 4.79 Å². The van der Waals surface area contributed by atoms with Crippen LogP contribution in [0, 0.1) is 6.92 Å². The maximum Gasteiger partial charge on any atom is 0.291 e. The molecule has 36 heavy (non-hydrogen) atoms. The fraction of sp³-hybridized carbons (Fsp3) is 0.393. The van der Waals surface area contributed by atoms with E-state index in [1.807, 2.05) is 6.92 Å². The van der Waals surface area contributed by atoms with E-state index in [1.54, 1.807) is 24.3 Å². The number of aliphatic hydroxyl groups is 1. The Bertz CT molecular complexity index is 1220. The summed E-state index contributed by atoms with van der Waals surface area (Å²) in [5.41, 5.74) is 4.92. The molecule has 0 fully saturated rings. The topological polar surface area (TPSA) is 102 Å². The minimum atomic E-state index is -0.464. The lowest BCUT2D eigenvalue weighted by Gasteiger charge is -2.20. The van der Waals surface area contributed by atoms with Crippen LogP contribution in [0.4, 0.5) is 11.4 Å². The van der Waals surface area contributed by atoms with Gasteiger partial charge in [0.05, 0.1) is 14.2 Å². The molecule has 3 aromatic rings. The van der Waals surface area contributed by atoms with Gasteiger partial charge in [0, 0.05) is 37.0 Å². The number of hydrogen-bond donors (Lipinski definition) is 3. The predicted molar refractivity (Wildman–Crippen MR) is 139 cm³/mol. The van der Waals surface area contributed by atoms with Crippen LogP contribution in [0.25, 0.3) is 0 Å². The molecule has 4 rings (SSSR count). The van der Waals surface area contributed by atoms with Gasteiger partial charge in [-0.1, -0.05) is 19.9 Å². The molecule has 1 aliphatic rings. The number of rotatable bonds is 10. The summed E-state index contributed by atoms with van der Waals surface area (Å²) in [6, 6.07) is 11.0. The molecule has 0 radical (unpaired) electrons. The zero-order valence-corrected chi connectivity index (χ0v) is 21.5. The molecule has 0 bridgehead atoms. The molecule has 1 aliphatic carbocycles. The monoisotopic (exact) mass is 494 g/mol. The first-order valence-electron chi connectivity index (χ1n) is 12.1. The molecular weight excluding hydrogens is 460 g/mol. The summed E-state index contributed by atoms with van der Waals surface area (Å²) in [6.07, 6.45) is 2.79. The Morgan fingerprint density at radius 3 is 2.47 bits per heavy atom. The average Bonchev–Trinajstić information content (AvgIpc) is 3.44. The minimum Gasteiger partial charge on any atom is -0.494 e. The van der Waals surface area contributed by atoms with Gasteiger partial charge < -0.3 is 34.4 Å². The molecule has 3 N–H and O–H groups in total. The number of hydrogen-bond acceptors (Lipinski definition) is 7. The summed E-state index contributed by atoms with van der Waals surface area (Å²) in [5.74, 6) is 1.44. The molecular formula is C28H34N2O6. The third-order valence-corrected chi connectivity index (χ3v) is 6.57. The van der Waals surface area contributed by atoms with Crippen molar-refractivity contribution in [1.29, 1.82) is 0 Å². The number of aliphatic hydroxyl groups excluding tert-OH is 1. The smallest absolute Gasteiger partial charge is 0.291 e. The fourth-order valence-electron chi connectivity index (χ4n) is 4.51. The highest BCUT2D eigenvalue weighted by molar-refractivity contribution is 6.04. The zero-order chi connectivity index (χ0) is 25.9. The van der Waals surface area contributed by atoms with Crippen LogP contribution in [0.1, 0.15) is 53.9 Å². The minimum absolute atomic E-state index is 0.0916. The summed E-state index contributed by atoms with van der Waals surface area (Å²) in [4.78, 5) is 13.0. The second-order valence-electron chi connectivity index (χ2n) is 9.59. The van der Waals surface area contributed by atoms with Crippen LogP contribution in [0.3, 0.4) is 0 Å². The third kappa shape index (κ3) is 5.28. The van der Waals surface area contributed by atoms with E-state index < -0.39 is 5.91 Å². The number of ether oxygens (including phenoxy) is 3. The van der Waals surface area contributed by atoms with Crippen molar-refractivity contribution in [2.75, 3.05) is 38.0 Å². The Hall–Kier alpha value is -3.65. The molecule has 1 amide bonds.